The lowest BCUT2D eigenvalue weighted by molar-refractivity contribution is -0.137. The first-order chi connectivity index (χ1) is 19.2. The molecule has 6 rings (SSSR count). The highest BCUT2D eigenvalue weighted by atomic mass is 19.4. The molecule has 11 nitrogen and oxygen atoms in total. The maximum absolute atomic E-state index is 13.1. The van der Waals surface area contributed by atoms with Gasteiger partial charge < -0.3 is 15.2 Å². The second kappa shape index (κ2) is 9.55. The highest BCUT2D eigenvalue weighted by molar-refractivity contribution is 6.03. The minimum atomic E-state index is -4.58. The number of hydrogen-bond acceptors (Lipinski definition) is 8. The number of fused-ring (bicyclic) bond motifs is 3. The first-order valence-electron chi connectivity index (χ1n) is 12.2. The van der Waals surface area contributed by atoms with Crippen molar-refractivity contribution in [1.82, 2.24) is 34.5 Å². The second-order valence-electron chi connectivity index (χ2n) is 9.21. The highest BCUT2D eigenvalue weighted by Crippen LogP contribution is 2.39. The average molecular weight is 547 g/mol. The summed E-state index contributed by atoms with van der Waals surface area (Å²) < 4.78 is 42.9. The van der Waals surface area contributed by atoms with Crippen molar-refractivity contribution in [3.05, 3.63) is 77.4 Å². The zero-order chi connectivity index (χ0) is 28.0. The van der Waals surface area contributed by atoms with Gasteiger partial charge in [0, 0.05) is 49.3 Å². The number of aryl methyl sites for hydroxylation is 2. The number of alkyl halides is 3. The fourth-order valence-corrected chi connectivity index (χ4v) is 4.52. The quantitative estimate of drug-likeness (QED) is 0.351. The van der Waals surface area contributed by atoms with Crippen molar-refractivity contribution < 1.29 is 18.0 Å². The van der Waals surface area contributed by atoms with Gasteiger partial charge in [-0.25, -0.2) is 4.98 Å². The summed E-state index contributed by atoms with van der Waals surface area (Å²) in [5, 5.41) is 13.9. The average Bonchev–Trinajstić information content (AvgIpc) is 3.58. The zero-order valence-electron chi connectivity index (χ0n) is 21.2. The van der Waals surface area contributed by atoms with Crippen LogP contribution in [-0.2, 0) is 19.8 Å². The predicted molar refractivity (Wildman–Crippen MR) is 139 cm³/mol. The lowest BCUT2D eigenvalue weighted by atomic mass is 9.98. The van der Waals surface area contributed by atoms with Crippen LogP contribution in [0, 0.1) is 6.92 Å². The van der Waals surface area contributed by atoms with Crippen LogP contribution in [0.25, 0.3) is 22.5 Å². The van der Waals surface area contributed by atoms with Gasteiger partial charge in [0.1, 0.15) is 17.3 Å². The molecule has 0 fully saturated rings. The highest BCUT2D eigenvalue weighted by Gasteiger charge is 2.31. The number of halogens is 3. The van der Waals surface area contributed by atoms with E-state index in [4.69, 9.17) is 0 Å². The molecule has 0 radical (unpaired) electrons. The summed E-state index contributed by atoms with van der Waals surface area (Å²) in [5.41, 5.74) is 2.79. The Kier molecular flexibility index (Phi) is 6.01. The molecule has 1 amide bonds. The van der Waals surface area contributed by atoms with Crippen LogP contribution in [0.1, 0.15) is 21.6 Å². The maximum Gasteiger partial charge on any atom is 0.416 e. The van der Waals surface area contributed by atoms with E-state index < -0.39 is 17.6 Å². The van der Waals surface area contributed by atoms with E-state index in [0.29, 0.717) is 30.4 Å². The molecule has 0 bridgehead atoms. The van der Waals surface area contributed by atoms with Crippen LogP contribution in [0.15, 0.2) is 60.0 Å². The number of anilines is 2. The van der Waals surface area contributed by atoms with E-state index in [2.05, 4.69) is 40.9 Å². The number of benzene rings is 1. The van der Waals surface area contributed by atoms with Crippen LogP contribution < -0.4 is 16.3 Å². The van der Waals surface area contributed by atoms with Gasteiger partial charge >= 0.3 is 6.18 Å². The van der Waals surface area contributed by atoms with Gasteiger partial charge in [-0.3, -0.25) is 14.5 Å². The Morgan fingerprint density at radius 2 is 1.98 bits per heavy atom. The van der Waals surface area contributed by atoms with Crippen molar-refractivity contribution in [3.63, 3.8) is 0 Å². The number of rotatable bonds is 4. The van der Waals surface area contributed by atoms with E-state index in [0.717, 1.165) is 46.4 Å². The molecule has 5 heterocycles. The molecule has 0 spiro atoms. The van der Waals surface area contributed by atoms with Crippen molar-refractivity contribution in [2.24, 2.45) is 12.0 Å². The molecule has 2 N–H and O–H groups in total. The van der Waals surface area contributed by atoms with Gasteiger partial charge in [0.25, 0.3) is 11.5 Å². The molecule has 3 aromatic rings. The number of amides is 1. The minimum absolute atomic E-state index is 0.256. The molecule has 1 aromatic carbocycles. The summed E-state index contributed by atoms with van der Waals surface area (Å²) in [5.74, 6) is 1.18. The Morgan fingerprint density at radius 3 is 2.75 bits per heavy atom. The lowest BCUT2D eigenvalue weighted by Crippen LogP contribution is -2.17. The number of hydrogen-bond donors (Lipinski definition) is 2. The van der Waals surface area contributed by atoms with Crippen molar-refractivity contribution in [2.45, 2.75) is 19.6 Å². The third-order valence-corrected chi connectivity index (χ3v) is 6.40. The van der Waals surface area contributed by atoms with Crippen molar-refractivity contribution >= 4 is 23.2 Å². The van der Waals surface area contributed by atoms with Gasteiger partial charge in [-0.1, -0.05) is 11.3 Å². The molecule has 3 aliphatic rings. The summed E-state index contributed by atoms with van der Waals surface area (Å²) in [7, 11) is 1.74. The smallest absolute Gasteiger partial charge is 0.369 e. The third kappa shape index (κ3) is 4.74. The molecule has 3 aliphatic heterocycles. The molecule has 2 aromatic heterocycles. The van der Waals surface area contributed by atoms with Gasteiger partial charge in [0.05, 0.1) is 11.8 Å². The van der Waals surface area contributed by atoms with Gasteiger partial charge in [-0.2, -0.15) is 23.1 Å². The molecule has 40 heavy (non-hydrogen) atoms. The Bertz CT molecular complexity index is 1810. The Morgan fingerprint density at radius 1 is 1.12 bits per heavy atom. The molecular formula is C26H21F3N10O. The number of nitrogens with zero attached hydrogens (tertiary/aromatic N) is 8. The Labute approximate surface area is 224 Å². The van der Waals surface area contributed by atoms with E-state index in [1.54, 1.807) is 31.6 Å². The van der Waals surface area contributed by atoms with Crippen LogP contribution >= 0.6 is 0 Å². The first-order valence-corrected chi connectivity index (χ1v) is 12.2. The van der Waals surface area contributed by atoms with Crippen LogP contribution in [0.4, 0.5) is 30.5 Å². The van der Waals surface area contributed by atoms with Crippen LogP contribution in [-0.4, -0.2) is 47.0 Å². The second-order valence-corrected chi connectivity index (χ2v) is 9.21. The van der Waals surface area contributed by atoms with Crippen molar-refractivity contribution in [3.8, 4) is 22.5 Å². The van der Waals surface area contributed by atoms with Gasteiger partial charge in [0.15, 0.2) is 5.82 Å². The van der Waals surface area contributed by atoms with Crippen molar-refractivity contribution in [1.29, 1.82) is 0 Å². The van der Waals surface area contributed by atoms with E-state index in [1.165, 1.54) is 4.68 Å². The SMILES string of the molecule is Cc1ccc(NC(=O)c2cc(C(F)(F)F)ccn2)cc1-c1cc2cnc(=Nc3cn(C)nn3)nc-2n2c1NCC2. The number of pyridine rings is 2. The van der Waals surface area contributed by atoms with E-state index in [-0.39, 0.29) is 11.3 Å². The van der Waals surface area contributed by atoms with Crippen LogP contribution in [0.5, 0.6) is 0 Å². The van der Waals surface area contributed by atoms with Gasteiger partial charge in [-0.05, 0) is 48.4 Å². The van der Waals surface area contributed by atoms with Crippen molar-refractivity contribution in [2.75, 3.05) is 17.2 Å². The van der Waals surface area contributed by atoms with E-state index in [9.17, 15) is 18.0 Å². The monoisotopic (exact) mass is 546 g/mol. The third-order valence-electron chi connectivity index (χ3n) is 6.40. The summed E-state index contributed by atoms with van der Waals surface area (Å²) >= 11 is 0. The summed E-state index contributed by atoms with van der Waals surface area (Å²) in [4.78, 5) is 29.9. The lowest BCUT2D eigenvalue weighted by Gasteiger charge is -2.19. The Hall–Kier alpha value is -5.14. The minimum Gasteiger partial charge on any atom is -0.369 e. The Balaban J connectivity index is 1.37. The van der Waals surface area contributed by atoms with Crippen LogP contribution in [0.2, 0.25) is 0 Å². The first kappa shape index (κ1) is 25.2. The fourth-order valence-electron chi connectivity index (χ4n) is 4.52. The predicted octanol–water partition coefficient (Wildman–Crippen LogP) is 3.81. The molecule has 0 saturated heterocycles. The standard InChI is InChI=1S/C26H21F3N10O/c1-14-3-4-17(33-24(40)20-10-16(5-6-30-20)26(27,28)29)11-18(14)19-9-15-12-32-25(34-21-13-38(2)37-36-21)35-22(15)39-8-7-31-23(19)39/h3-6,9-13,31H,7-8H2,1-2H3,(H,33,40). The number of carbonyl (C=O) groups is 1. The van der Waals surface area contributed by atoms with Crippen LogP contribution in [0.3, 0.4) is 0 Å². The van der Waals surface area contributed by atoms with Gasteiger partial charge in [0.2, 0.25) is 0 Å². The van der Waals surface area contributed by atoms with Gasteiger partial charge in [-0.15, -0.1) is 5.10 Å². The molecular weight excluding hydrogens is 525 g/mol. The number of carbonyl (C=O) groups excluding carboxylic acids is 1. The van der Waals surface area contributed by atoms with E-state index >= 15 is 0 Å². The summed E-state index contributed by atoms with van der Waals surface area (Å²) in [6, 6.07) is 8.80. The molecule has 0 atom stereocenters. The summed E-state index contributed by atoms with van der Waals surface area (Å²) in [6.07, 6.45) is -0.266. The van der Waals surface area contributed by atoms with E-state index in [1.807, 2.05) is 23.6 Å². The largest absolute Gasteiger partial charge is 0.416 e. The summed E-state index contributed by atoms with van der Waals surface area (Å²) in [6.45, 7) is 3.28. The normalized spacial score (nSPS) is 13.4. The zero-order valence-corrected chi connectivity index (χ0v) is 21.2. The maximum atomic E-state index is 13.1. The molecule has 0 unspecified atom stereocenters. The number of aromatic nitrogens is 7. The molecule has 0 saturated carbocycles. The molecule has 14 heteroatoms. The molecule has 202 valence electrons. The molecule has 0 aliphatic carbocycles. The number of nitrogens with one attached hydrogen (secondary N) is 2. The topological polar surface area (TPSA) is 128 Å². The fraction of sp³-hybridized carbons (Fsp3) is 0.192.